The molecule has 0 saturated carbocycles. The third-order valence-corrected chi connectivity index (χ3v) is 5.33. The SMILES string of the molecule is O=C(CCc1ccccc1-c1cccnc1)CCc1ccccc1-c1cccnc1. The van der Waals surface area contributed by atoms with Gasteiger partial charge in [0.2, 0.25) is 0 Å². The molecule has 30 heavy (non-hydrogen) atoms. The Kier molecular flexibility index (Phi) is 6.41. The fourth-order valence-electron chi connectivity index (χ4n) is 3.76. The van der Waals surface area contributed by atoms with Crippen molar-refractivity contribution in [2.45, 2.75) is 25.7 Å². The van der Waals surface area contributed by atoms with E-state index in [0.29, 0.717) is 12.8 Å². The van der Waals surface area contributed by atoms with E-state index in [-0.39, 0.29) is 5.78 Å². The molecule has 0 atom stereocenters. The molecule has 0 aliphatic heterocycles. The van der Waals surface area contributed by atoms with Crippen molar-refractivity contribution in [3.05, 3.63) is 109 Å². The van der Waals surface area contributed by atoms with Gasteiger partial charge in [-0.2, -0.15) is 0 Å². The third kappa shape index (κ3) is 4.87. The lowest BCUT2D eigenvalue weighted by atomic mass is 9.94. The van der Waals surface area contributed by atoms with Gasteiger partial charge in [0, 0.05) is 48.8 Å². The Hall–Kier alpha value is -3.59. The normalized spacial score (nSPS) is 10.7. The summed E-state index contributed by atoms with van der Waals surface area (Å²) in [5.74, 6) is 0.289. The van der Waals surface area contributed by atoms with Crippen LogP contribution in [0.5, 0.6) is 0 Å². The molecular formula is C27H24N2O. The summed E-state index contributed by atoms with van der Waals surface area (Å²) in [6.45, 7) is 0. The minimum atomic E-state index is 0.289. The van der Waals surface area contributed by atoms with E-state index < -0.39 is 0 Å². The lowest BCUT2D eigenvalue weighted by Crippen LogP contribution is -2.04. The summed E-state index contributed by atoms with van der Waals surface area (Å²) in [5, 5.41) is 0. The Labute approximate surface area is 177 Å². The van der Waals surface area contributed by atoms with Crippen LogP contribution < -0.4 is 0 Å². The number of ketones is 1. The second kappa shape index (κ2) is 9.75. The zero-order valence-corrected chi connectivity index (χ0v) is 16.9. The first-order chi connectivity index (χ1) is 14.8. The van der Waals surface area contributed by atoms with Crippen LogP contribution in [0.2, 0.25) is 0 Å². The second-order valence-corrected chi connectivity index (χ2v) is 7.34. The van der Waals surface area contributed by atoms with Gasteiger partial charge < -0.3 is 0 Å². The number of pyridine rings is 2. The highest BCUT2D eigenvalue weighted by atomic mass is 16.1. The molecule has 0 N–H and O–H groups in total. The van der Waals surface area contributed by atoms with Gasteiger partial charge in [-0.25, -0.2) is 0 Å². The molecule has 0 saturated heterocycles. The van der Waals surface area contributed by atoms with Crippen molar-refractivity contribution < 1.29 is 4.79 Å². The van der Waals surface area contributed by atoms with Crippen molar-refractivity contribution >= 4 is 5.78 Å². The number of aryl methyl sites for hydroxylation is 2. The molecule has 0 unspecified atom stereocenters. The quantitative estimate of drug-likeness (QED) is 0.372. The van der Waals surface area contributed by atoms with Crippen LogP contribution in [0.25, 0.3) is 22.3 Å². The van der Waals surface area contributed by atoms with Gasteiger partial charge in [-0.05, 0) is 47.2 Å². The summed E-state index contributed by atoms with van der Waals surface area (Å²) in [5.41, 5.74) is 6.86. The van der Waals surface area contributed by atoms with E-state index in [1.54, 1.807) is 12.4 Å². The van der Waals surface area contributed by atoms with Crippen LogP contribution in [0.15, 0.2) is 97.6 Å². The highest BCUT2D eigenvalue weighted by Crippen LogP contribution is 2.25. The van der Waals surface area contributed by atoms with Gasteiger partial charge in [0.15, 0.2) is 0 Å². The van der Waals surface area contributed by atoms with Gasteiger partial charge in [0.05, 0.1) is 0 Å². The summed E-state index contributed by atoms with van der Waals surface area (Å²) in [6, 6.07) is 24.5. The zero-order chi connectivity index (χ0) is 20.6. The number of carbonyl (C=O) groups excluding carboxylic acids is 1. The van der Waals surface area contributed by atoms with Crippen molar-refractivity contribution in [3.63, 3.8) is 0 Å². The van der Waals surface area contributed by atoms with Gasteiger partial charge in [0.25, 0.3) is 0 Å². The Morgan fingerprint density at radius 1 is 0.600 bits per heavy atom. The monoisotopic (exact) mass is 392 g/mol. The van der Waals surface area contributed by atoms with E-state index in [2.05, 4.69) is 46.4 Å². The third-order valence-electron chi connectivity index (χ3n) is 5.33. The molecule has 4 rings (SSSR count). The lowest BCUT2D eigenvalue weighted by molar-refractivity contribution is -0.119. The lowest BCUT2D eigenvalue weighted by Gasteiger charge is -2.10. The van der Waals surface area contributed by atoms with Crippen LogP contribution in [0.4, 0.5) is 0 Å². The fraction of sp³-hybridized carbons (Fsp3) is 0.148. The Balaban J connectivity index is 1.40. The average molecular weight is 393 g/mol. The van der Waals surface area contributed by atoms with Crippen molar-refractivity contribution in [2.24, 2.45) is 0 Å². The van der Waals surface area contributed by atoms with Gasteiger partial charge >= 0.3 is 0 Å². The van der Waals surface area contributed by atoms with E-state index in [1.807, 2.05) is 48.8 Å². The Morgan fingerprint density at radius 3 is 1.50 bits per heavy atom. The van der Waals surface area contributed by atoms with E-state index >= 15 is 0 Å². The number of carbonyl (C=O) groups is 1. The fourth-order valence-corrected chi connectivity index (χ4v) is 3.76. The standard InChI is InChI=1S/C27H24N2O/c30-25(15-13-21-7-1-3-11-26(21)23-9-5-17-28-19-23)16-14-22-8-2-4-12-27(22)24-10-6-18-29-20-24/h1-12,17-20H,13-16H2. The molecule has 0 aliphatic rings. The molecule has 3 heteroatoms. The van der Waals surface area contributed by atoms with Crippen LogP contribution >= 0.6 is 0 Å². The summed E-state index contributed by atoms with van der Waals surface area (Å²) in [4.78, 5) is 21.1. The minimum Gasteiger partial charge on any atom is -0.300 e. The molecule has 0 amide bonds. The number of hydrogen-bond donors (Lipinski definition) is 0. The smallest absolute Gasteiger partial charge is 0.133 e. The maximum Gasteiger partial charge on any atom is 0.133 e. The van der Waals surface area contributed by atoms with Gasteiger partial charge in [-0.3, -0.25) is 14.8 Å². The molecule has 3 nitrogen and oxygen atoms in total. The Morgan fingerprint density at radius 2 is 1.07 bits per heavy atom. The summed E-state index contributed by atoms with van der Waals surface area (Å²) >= 11 is 0. The first-order valence-electron chi connectivity index (χ1n) is 10.3. The number of hydrogen-bond acceptors (Lipinski definition) is 3. The number of rotatable bonds is 8. The molecule has 2 aromatic heterocycles. The average Bonchev–Trinajstić information content (AvgIpc) is 2.83. The molecule has 2 heterocycles. The van der Waals surface area contributed by atoms with Crippen LogP contribution in [-0.4, -0.2) is 15.8 Å². The first kappa shape index (κ1) is 19.7. The second-order valence-electron chi connectivity index (χ2n) is 7.34. The molecule has 0 fully saturated rings. The Bertz CT molecular complexity index is 1020. The minimum absolute atomic E-state index is 0.289. The molecule has 2 aromatic carbocycles. The van der Waals surface area contributed by atoms with E-state index in [4.69, 9.17) is 0 Å². The molecule has 0 bridgehead atoms. The first-order valence-corrected chi connectivity index (χ1v) is 10.3. The number of Topliss-reactive ketones (excluding diaryl/α,β-unsaturated/α-hetero) is 1. The van der Waals surface area contributed by atoms with Crippen LogP contribution in [0.1, 0.15) is 24.0 Å². The number of benzene rings is 2. The van der Waals surface area contributed by atoms with Crippen molar-refractivity contribution in [2.75, 3.05) is 0 Å². The van der Waals surface area contributed by atoms with Crippen LogP contribution in [0, 0.1) is 0 Å². The zero-order valence-electron chi connectivity index (χ0n) is 16.9. The maximum atomic E-state index is 12.7. The molecule has 0 spiro atoms. The predicted octanol–water partition coefficient (Wildman–Crippen LogP) is 5.95. The summed E-state index contributed by atoms with van der Waals surface area (Å²) < 4.78 is 0. The molecule has 0 aliphatic carbocycles. The topological polar surface area (TPSA) is 42.9 Å². The summed E-state index contributed by atoms with van der Waals surface area (Å²) in [7, 11) is 0. The maximum absolute atomic E-state index is 12.7. The molecule has 4 aromatic rings. The highest BCUT2D eigenvalue weighted by molar-refractivity contribution is 5.80. The van der Waals surface area contributed by atoms with Gasteiger partial charge in [0.1, 0.15) is 5.78 Å². The van der Waals surface area contributed by atoms with Crippen molar-refractivity contribution in [1.29, 1.82) is 0 Å². The van der Waals surface area contributed by atoms with E-state index in [0.717, 1.165) is 35.1 Å². The van der Waals surface area contributed by atoms with Gasteiger partial charge in [-0.1, -0.05) is 60.7 Å². The van der Waals surface area contributed by atoms with Crippen molar-refractivity contribution in [3.8, 4) is 22.3 Å². The van der Waals surface area contributed by atoms with Gasteiger partial charge in [-0.15, -0.1) is 0 Å². The molecule has 148 valence electrons. The number of aromatic nitrogens is 2. The van der Waals surface area contributed by atoms with Crippen molar-refractivity contribution in [1.82, 2.24) is 9.97 Å². The van der Waals surface area contributed by atoms with E-state index in [9.17, 15) is 4.79 Å². The largest absolute Gasteiger partial charge is 0.300 e. The highest BCUT2D eigenvalue weighted by Gasteiger charge is 2.10. The van der Waals surface area contributed by atoms with E-state index in [1.165, 1.54) is 11.1 Å². The van der Waals surface area contributed by atoms with Crippen LogP contribution in [-0.2, 0) is 17.6 Å². The van der Waals surface area contributed by atoms with Crippen LogP contribution in [0.3, 0.4) is 0 Å². The molecule has 0 radical (unpaired) electrons. The number of nitrogens with zero attached hydrogens (tertiary/aromatic N) is 2. The predicted molar refractivity (Wildman–Crippen MR) is 121 cm³/mol. The molecular weight excluding hydrogens is 368 g/mol. The summed E-state index contributed by atoms with van der Waals surface area (Å²) in [6.07, 6.45) is 9.88.